The standard InChI is InChI=1S/C30H39N5O4/c1-29(2,3)25(33-28(38)39-30(4,5)6)26(36)32-23-18-34(16-14-21(23)20-11-8-7-9-12-20)27(37)22-13-10-15-35-19-31-17-24(22)35/h7-13,15,17,19,21,23,25H,14,16,18H2,1-6H3,(H,32,36)(H,33,38)/t21-,23+,25-/m1/s1. The molecule has 2 aromatic heterocycles. The lowest BCUT2D eigenvalue weighted by Gasteiger charge is -2.41. The summed E-state index contributed by atoms with van der Waals surface area (Å²) in [6, 6.07) is 12.5. The molecule has 4 rings (SSSR count). The van der Waals surface area contributed by atoms with Crippen LogP contribution in [0.1, 0.15) is 69.8 Å². The monoisotopic (exact) mass is 533 g/mol. The molecule has 0 spiro atoms. The van der Waals surface area contributed by atoms with E-state index >= 15 is 0 Å². The normalized spacial score (nSPS) is 18.9. The average molecular weight is 534 g/mol. The molecule has 3 heterocycles. The molecule has 3 atom stereocenters. The van der Waals surface area contributed by atoms with Crippen LogP contribution in [0.2, 0.25) is 0 Å². The molecule has 1 aliphatic rings. The predicted molar refractivity (Wildman–Crippen MR) is 149 cm³/mol. The number of piperidine rings is 1. The number of ether oxygens (including phenoxy) is 1. The van der Waals surface area contributed by atoms with Crippen molar-refractivity contribution >= 4 is 23.4 Å². The van der Waals surface area contributed by atoms with Gasteiger partial charge in [-0.15, -0.1) is 0 Å². The zero-order valence-corrected chi connectivity index (χ0v) is 23.6. The minimum absolute atomic E-state index is 0.00658. The van der Waals surface area contributed by atoms with Crippen molar-refractivity contribution in [2.45, 2.75) is 71.6 Å². The number of fused-ring (bicyclic) bond motifs is 1. The van der Waals surface area contributed by atoms with E-state index in [9.17, 15) is 14.4 Å². The maximum Gasteiger partial charge on any atom is 0.408 e. The highest BCUT2D eigenvalue weighted by atomic mass is 16.6. The van der Waals surface area contributed by atoms with Gasteiger partial charge in [-0.3, -0.25) is 9.59 Å². The van der Waals surface area contributed by atoms with E-state index in [4.69, 9.17) is 4.74 Å². The first-order valence-corrected chi connectivity index (χ1v) is 13.4. The maximum atomic E-state index is 13.7. The van der Waals surface area contributed by atoms with Crippen molar-refractivity contribution < 1.29 is 19.1 Å². The van der Waals surface area contributed by atoms with E-state index in [1.165, 1.54) is 0 Å². The molecule has 0 aliphatic carbocycles. The maximum absolute atomic E-state index is 13.7. The number of nitrogens with one attached hydrogen (secondary N) is 2. The summed E-state index contributed by atoms with van der Waals surface area (Å²) >= 11 is 0. The molecular weight excluding hydrogens is 494 g/mol. The van der Waals surface area contributed by atoms with E-state index in [1.54, 1.807) is 44.3 Å². The summed E-state index contributed by atoms with van der Waals surface area (Å²) in [7, 11) is 0. The van der Waals surface area contributed by atoms with Gasteiger partial charge < -0.3 is 24.7 Å². The number of hydrogen-bond acceptors (Lipinski definition) is 5. The predicted octanol–water partition coefficient (Wildman–Crippen LogP) is 4.39. The van der Waals surface area contributed by atoms with Gasteiger partial charge in [0, 0.05) is 25.2 Å². The van der Waals surface area contributed by atoms with Crippen LogP contribution in [0.15, 0.2) is 61.2 Å². The van der Waals surface area contributed by atoms with E-state index in [0.29, 0.717) is 25.1 Å². The summed E-state index contributed by atoms with van der Waals surface area (Å²) in [6.07, 6.45) is 5.24. The van der Waals surface area contributed by atoms with Crippen LogP contribution in [0.25, 0.3) is 5.52 Å². The number of nitrogens with zero attached hydrogens (tertiary/aromatic N) is 3. The summed E-state index contributed by atoms with van der Waals surface area (Å²) in [5.41, 5.74) is 1.13. The molecule has 0 unspecified atom stereocenters. The van der Waals surface area contributed by atoms with E-state index in [0.717, 1.165) is 11.1 Å². The minimum Gasteiger partial charge on any atom is -0.444 e. The highest BCUT2D eigenvalue weighted by Crippen LogP contribution is 2.30. The van der Waals surface area contributed by atoms with Crippen LogP contribution in [0.5, 0.6) is 0 Å². The van der Waals surface area contributed by atoms with Gasteiger partial charge in [-0.05, 0) is 50.3 Å². The third-order valence-corrected chi connectivity index (χ3v) is 6.93. The number of carbonyl (C=O) groups is 3. The number of carbonyl (C=O) groups excluding carboxylic acids is 3. The average Bonchev–Trinajstić information content (AvgIpc) is 3.35. The van der Waals surface area contributed by atoms with Crippen molar-refractivity contribution in [2.24, 2.45) is 5.41 Å². The molecule has 1 aliphatic heterocycles. The van der Waals surface area contributed by atoms with Crippen LogP contribution in [0, 0.1) is 5.41 Å². The van der Waals surface area contributed by atoms with E-state index < -0.39 is 23.2 Å². The second kappa shape index (κ2) is 11.1. The van der Waals surface area contributed by atoms with Crippen LogP contribution >= 0.6 is 0 Å². The Balaban J connectivity index is 1.58. The number of likely N-dealkylation sites (tertiary alicyclic amines) is 1. The lowest BCUT2D eigenvalue weighted by atomic mass is 9.83. The largest absolute Gasteiger partial charge is 0.444 e. The Morgan fingerprint density at radius 3 is 2.41 bits per heavy atom. The van der Waals surface area contributed by atoms with Gasteiger partial charge in [0.15, 0.2) is 0 Å². The highest BCUT2D eigenvalue weighted by Gasteiger charge is 2.39. The van der Waals surface area contributed by atoms with E-state index in [-0.39, 0.29) is 23.8 Å². The molecule has 208 valence electrons. The zero-order chi connectivity index (χ0) is 28.4. The van der Waals surface area contributed by atoms with Gasteiger partial charge in [0.2, 0.25) is 5.91 Å². The van der Waals surface area contributed by atoms with Crippen LogP contribution in [0.3, 0.4) is 0 Å². The first-order chi connectivity index (χ1) is 18.3. The van der Waals surface area contributed by atoms with Crippen LogP contribution in [-0.4, -0.2) is 63.0 Å². The number of alkyl carbamates (subject to hydrolysis) is 1. The summed E-state index contributed by atoms with van der Waals surface area (Å²) in [6.45, 7) is 11.9. The third-order valence-electron chi connectivity index (χ3n) is 6.93. The second-order valence-corrected chi connectivity index (χ2v) is 12.2. The fourth-order valence-electron chi connectivity index (χ4n) is 5.05. The van der Waals surface area contributed by atoms with Gasteiger partial charge in [-0.25, -0.2) is 9.78 Å². The third kappa shape index (κ3) is 6.77. The Hall–Kier alpha value is -3.88. The van der Waals surface area contributed by atoms with Crippen molar-refractivity contribution in [3.63, 3.8) is 0 Å². The Morgan fingerprint density at radius 1 is 1.03 bits per heavy atom. The van der Waals surface area contributed by atoms with Crippen molar-refractivity contribution in [3.05, 3.63) is 72.3 Å². The van der Waals surface area contributed by atoms with Crippen LogP contribution in [0.4, 0.5) is 4.79 Å². The minimum atomic E-state index is -0.838. The molecule has 3 aromatic rings. The number of imidazole rings is 1. The molecule has 9 heteroatoms. The number of pyridine rings is 1. The summed E-state index contributed by atoms with van der Waals surface area (Å²) in [5.74, 6) is -0.412. The van der Waals surface area contributed by atoms with Crippen molar-refractivity contribution in [1.82, 2.24) is 24.9 Å². The molecule has 0 bridgehead atoms. The lowest BCUT2D eigenvalue weighted by Crippen LogP contribution is -2.60. The number of hydrogen-bond donors (Lipinski definition) is 2. The highest BCUT2D eigenvalue weighted by molar-refractivity contribution is 6.00. The van der Waals surface area contributed by atoms with E-state index in [2.05, 4.69) is 27.8 Å². The number of rotatable bonds is 5. The van der Waals surface area contributed by atoms with Crippen molar-refractivity contribution in [1.29, 1.82) is 0 Å². The Bertz CT molecular complexity index is 1320. The fourth-order valence-corrected chi connectivity index (χ4v) is 5.05. The molecule has 1 fully saturated rings. The van der Waals surface area contributed by atoms with Crippen LogP contribution in [-0.2, 0) is 9.53 Å². The molecule has 3 amide bonds. The van der Waals surface area contributed by atoms with Gasteiger partial charge in [0.25, 0.3) is 5.91 Å². The molecule has 9 nitrogen and oxygen atoms in total. The number of amides is 3. The van der Waals surface area contributed by atoms with Crippen LogP contribution < -0.4 is 10.6 Å². The molecule has 2 N–H and O–H groups in total. The van der Waals surface area contributed by atoms with Crippen molar-refractivity contribution in [2.75, 3.05) is 13.1 Å². The molecule has 0 radical (unpaired) electrons. The Kier molecular flexibility index (Phi) is 7.99. The Labute approximate surface area is 229 Å². The van der Waals surface area contributed by atoms with Gasteiger partial charge in [-0.2, -0.15) is 0 Å². The van der Waals surface area contributed by atoms with Gasteiger partial charge >= 0.3 is 6.09 Å². The second-order valence-electron chi connectivity index (χ2n) is 12.2. The molecule has 1 aromatic carbocycles. The Morgan fingerprint density at radius 2 is 1.74 bits per heavy atom. The quantitative estimate of drug-likeness (QED) is 0.506. The lowest BCUT2D eigenvalue weighted by molar-refractivity contribution is -0.126. The van der Waals surface area contributed by atoms with Gasteiger partial charge in [-0.1, -0.05) is 51.1 Å². The molecule has 39 heavy (non-hydrogen) atoms. The first kappa shape index (κ1) is 28.1. The number of benzene rings is 1. The first-order valence-electron chi connectivity index (χ1n) is 13.4. The molecular formula is C30H39N5O4. The summed E-state index contributed by atoms with van der Waals surface area (Å²) < 4.78 is 7.25. The number of aromatic nitrogens is 2. The SMILES string of the molecule is CC(C)(C)OC(=O)N[C@H](C(=O)N[C@H]1CN(C(=O)c2cccn3cncc23)CC[C@@H]1c1ccccc1)C(C)(C)C. The molecule has 1 saturated heterocycles. The van der Waals surface area contributed by atoms with E-state index in [1.807, 2.05) is 55.6 Å². The summed E-state index contributed by atoms with van der Waals surface area (Å²) in [4.78, 5) is 46.0. The zero-order valence-electron chi connectivity index (χ0n) is 23.6. The smallest absolute Gasteiger partial charge is 0.408 e. The van der Waals surface area contributed by atoms with Gasteiger partial charge in [0.05, 0.1) is 29.6 Å². The summed E-state index contributed by atoms with van der Waals surface area (Å²) in [5, 5.41) is 5.96. The van der Waals surface area contributed by atoms with Gasteiger partial charge in [0.1, 0.15) is 11.6 Å². The van der Waals surface area contributed by atoms with Crippen molar-refractivity contribution in [3.8, 4) is 0 Å². The topological polar surface area (TPSA) is 105 Å². The molecule has 0 saturated carbocycles. The fraction of sp³-hybridized carbons (Fsp3) is 0.467.